The van der Waals surface area contributed by atoms with Gasteiger partial charge in [0, 0.05) is 25.7 Å². The zero-order chi connectivity index (χ0) is 14.5. The standard InChI is InChI=1S/C19H30N2/c1-2-20-19(18-9-5-6-10-18)15-21-13-11-16-7-3-4-8-17(16)12-14-21/h3-4,7-8,18-20H,2,5-6,9-15H2,1H3. The first-order valence-corrected chi connectivity index (χ1v) is 8.89. The number of fused-ring (bicyclic) bond motifs is 1. The van der Waals surface area contributed by atoms with Crippen LogP contribution in [-0.2, 0) is 12.8 Å². The van der Waals surface area contributed by atoms with Crippen molar-refractivity contribution in [1.82, 2.24) is 10.2 Å². The Bertz CT molecular complexity index is 410. The van der Waals surface area contributed by atoms with Gasteiger partial charge in [0.25, 0.3) is 0 Å². The van der Waals surface area contributed by atoms with E-state index in [1.54, 1.807) is 11.1 Å². The minimum absolute atomic E-state index is 0.707. The lowest BCUT2D eigenvalue weighted by molar-refractivity contribution is 0.216. The number of benzene rings is 1. The van der Waals surface area contributed by atoms with Crippen molar-refractivity contribution in [3.63, 3.8) is 0 Å². The summed E-state index contributed by atoms with van der Waals surface area (Å²) in [6.07, 6.45) is 8.20. The molecule has 1 heterocycles. The Labute approximate surface area is 129 Å². The predicted molar refractivity (Wildman–Crippen MR) is 89.7 cm³/mol. The summed E-state index contributed by atoms with van der Waals surface area (Å²) < 4.78 is 0. The van der Waals surface area contributed by atoms with Crippen molar-refractivity contribution in [2.75, 3.05) is 26.2 Å². The summed E-state index contributed by atoms with van der Waals surface area (Å²) in [6.45, 7) is 7.05. The van der Waals surface area contributed by atoms with Crippen molar-refractivity contribution in [3.05, 3.63) is 35.4 Å². The normalized spacial score (nSPS) is 22.0. The molecule has 3 rings (SSSR count). The van der Waals surface area contributed by atoms with Gasteiger partial charge in [0.15, 0.2) is 0 Å². The predicted octanol–water partition coefficient (Wildman–Crippen LogP) is 3.26. The zero-order valence-corrected chi connectivity index (χ0v) is 13.5. The molecule has 2 heteroatoms. The molecular weight excluding hydrogens is 256 g/mol. The minimum Gasteiger partial charge on any atom is -0.313 e. The van der Waals surface area contributed by atoms with E-state index in [1.807, 2.05) is 0 Å². The molecule has 0 amide bonds. The SMILES string of the molecule is CCNC(CN1CCc2ccccc2CC1)C1CCCC1. The van der Waals surface area contributed by atoms with Crippen LogP contribution in [0.5, 0.6) is 0 Å². The Hall–Kier alpha value is -0.860. The number of hydrogen-bond acceptors (Lipinski definition) is 2. The topological polar surface area (TPSA) is 15.3 Å². The highest BCUT2D eigenvalue weighted by Gasteiger charge is 2.26. The minimum atomic E-state index is 0.707. The fourth-order valence-electron chi connectivity index (χ4n) is 4.18. The lowest BCUT2D eigenvalue weighted by Gasteiger charge is -2.30. The van der Waals surface area contributed by atoms with E-state index in [9.17, 15) is 0 Å². The molecule has 0 bridgehead atoms. The maximum Gasteiger partial charge on any atom is 0.0223 e. The first-order chi connectivity index (χ1) is 10.4. The number of rotatable bonds is 5. The third kappa shape index (κ3) is 3.87. The van der Waals surface area contributed by atoms with Crippen LogP contribution in [-0.4, -0.2) is 37.1 Å². The molecule has 1 unspecified atom stereocenters. The van der Waals surface area contributed by atoms with Gasteiger partial charge >= 0.3 is 0 Å². The highest BCUT2D eigenvalue weighted by molar-refractivity contribution is 5.28. The first-order valence-electron chi connectivity index (χ1n) is 8.89. The maximum absolute atomic E-state index is 3.77. The molecule has 1 saturated carbocycles. The van der Waals surface area contributed by atoms with Crippen molar-refractivity contribution < 1.29 is 0 Å². The monoisotopic (exact) mass is 286 g/mol. The molecule has 0 radical (unpaired) electrons. The second-order valence-electron chi connectivity index (χ2n) is 6.78. The van der Waals surface area contributed by atoms with Crippen LogP contribution in [0.1, 0.15) is 43.7 Å². The largest absolute Gasteiger partial charge is 0.313 e. The number of nitrogens with zero attached hydrogens (tertiary/aromatic N) is 1. The number of likely N-dealkylation sites (N-methyl/N-ethyl adjacent to an activating group) is 1. The van der Waals surface area contributed by atoms with Gasteiger partial charge in [-0.15, -0.1) is 0 Å². The van der Waals surface area contributed by atoms with E-state index in [1.165, 1.54) is 58.2 Å². The third-order valence-electron chi connectivity index (χ3n) is 5.40. The zero-order valence-electron chi connectivity index (χ0n) is 13.5. The van der Waals surface area contributed by atoms with Crippen molar-refractivity contribution in [2.24, 2.45) is 5.92 Å². The van der Waals surface area contributed by atoms with Crippen LogP contribution in [0.15, 0.2) is 24.3 Å². The molecule has 2 aliphatic rings. The van der Waals surface area contributed by atoms with Crippen molar-refractivity contribution in [2.45, 2.75) is 51.5 Å². The summed E-state index contributed by atoms with van der Waals surface area (Å²) in [7, 11) is 0. The molecule has 1 aliphatic heterocycles. The van der Waals surface area contributed by atoms with Crippen LogP contribution in [0.2, 0.25) is 0 Å². The van der Waals surface area contributed by atoms with E-state index in [2.05, 4.69) is 41.4 Å². The van der Waals surface area contributed by atoms with Crippen LogP contribution in [0.25, 0.3) is 0 Å². The molecule has 1 aliphatic carbocycles. The van der Waals surface area contributed by atoms with Gasteiger partial charge in [-0.25, -0.2) is 0 Å². The van der Waals surface area contributed by atoms with Gasteiger partial charge in [-0.05, 0) is 49.3 Å². The fourth-order valence-corrected chi connectivity index (χ4v) is 4.18. The average molecular weight is 286 g/mol. The lowest BCUT2D eigenvalue weighted by atomic mass is 9.97. The molecule has 0 aromatic heterocycles. The van der Waals surface area contributed by atoms with E-state index in [-0.39, 0.29) is 0 Å². The second kappa shape index (κ2) is 7.42. The van der Waals surface area contributed by atoms with Crippen LogP contribution < -0.4 is 5.32 Å². The molecule has 1 N–H and O–H groups in total. The molecule has 0 spiro atoms. The number of hydrogen-bond donors (Lipinski definition) is 1. The van der Waals surface area contributed by atoms with Gasteiger partial charge in [0.05, 0.1) is 0 Å². The Kier molecular flexibility index (Phi) is 5.32. The highest BCUT2D eigenvalue weighted by atomic mass is 15.1. The Morgan fingerprint density at radius 2 is 1.71 bits per heavy atom. The summed E-state index contributed by atoms with van der Waals surface area (Å²) in [4.78, 5) is 2.70. The maximum atomic E-state index is 3.77. The van der Waals surface area contributed by atoms with E-state index in [0.717, 1.165) is 12.5 Å². The summed E-state index contributed by atoms with van der Waals surface area (Å²) >= 11 is 0. The smallest absolute Gasteiger partial charge is 0.0223 e. The lowest BCUT2D eigenvalue weighted by Crippen LogP contribution is -2.45. The number of nitrogens with one attached hydrogen (secondary N) is 1. The van der Waals surface area contributed by atoms with Crippen LogP contribution in [0.3, 0.4) is 0 Å². The van der Waals surface area contributed by atoms with Crippen molar-refractivity contribution in [1.29, 1.82) is 0 Å². The summed E-state index contributed by atoms with van der Waals surface area (Å²) in [5.41, 5.74) is 3.14. The third-order valence-corrected chi connectivity index (χ3v) is 5.40. The molecule has 1 aromatic carbocycles. The average Bonchev–Trinajstić information content (AvgIpc) is 2.97. The van der Waals surface area contributed by atoms with Crippen molar-refractivity contribution >= 4 is 0 Å². The van der Waals surface area contributed by atoms with E-state index in [4.69, 9.17) is 0 Å². The Morgan fingerprint density at radius 3 is 2.29 bits per heavy atom. The molecule has 1 fully saturated rings. The Balaban J connectivity index is 1.59. The van der Waals surface area contributed by atoms with Crippen LogP contribution >= 0.6 is 0 Å². The van der Waals surface area contributed by atoms with Crippen LogP contribution in [0, 0.1) is 5.92 Å². The molecule has 0 saturated heterocycles. The molecule has 21 heavy (non-hydrogen) atoms. The summed E-state index contributed by atoms with van der Waals surface area (Å²) in [6, 6.07) is 9.72. The van der Waals surface area contributed by atoms with Gasteiger partial charge in [-0.3, -0.25) is 0 Å². The molecule has 2 nitrogen and oxygen atoms in total. The van der Waals surface area contributed by atoms with E-state index >= 15 is 0 Å². The summed E-state index contributed by atoms with van der Waals surface area (Å²) in [5.74, 6) is 0.913. The Morgan fingerprint density at radius 1 is 1.10 bits per heavy atom. The molecule has 1 atom stereocenters. The van der Waals surface area contributed by atoms with Gasteiger partial charge < -0.3 is 10.2 Å². The molecule has 116 valence electrons. The van der Waals surface area contributed by atoms with Gasteiger partial charge in [0.2, 0.25) is 0 Å². The van der Waals surface area contributed by atoms with Gasteiger partial charge in [-0.2, -0.15) is 0 Å². The highest BCUT2D eigenvalue weighted by Crippen LogP contribution is 2.28. The fraction of sp³-hybridized carbons (Fsp3) is 0.684. The van der Waals surface area contributed by atoms with Gasteiger partial charge in [-0.1, -0.05) is 44.0 Å². The first kappa shape index (κ1) is 15.1. The van der Waals surface area contributed by atoms with E-state index in [0.29, 0.717) is 6.04 Å². The van der Waals surface area contributed by atoms with Gasteiger partial charge in [0.1, 0.15) is 0 Å². The van der Waals surface area contributed by atoms with E-state index < -0.39 is 0 Å². The molecule has 1 aromatic rings. The quantitative estimate of drug-likeness (QED) is 0.894. The van der Waals surface area contributed by atoms with Crippen molar-refractivity contribution in [3.8, 4) is 0 Å². The van der Waals surface area contributed by atoms with Crippen LogP contribution in [0.4, 0.5) is 0 Å². The summed E-state index contributed by atoms with van der Waals surface area (Å²) in [5, 5.41) is 3.77. The second-order valence-corrected chi connectivity index (χ2v) is 6.78. The molecular formula is C19H30N2.